The van der Waals surface area contributed by atoms with Crippen molar-refractivity contribution in [3.63, 3.8) is 0 Å². The molecule has 2 aliphatic rings. The Morgan fingerprint density at radius 2 is 1.76 bits per heavy atom. The number of likely N-dealkylation sites (tertiary alicyclic amines) is 2. The van der Waals surface area contributed by atoms with Crippen LogP contribution in [0.3, 0.4) is 0 Å². The van der Waals surface area contributed by atoms with E-state index in [0.717, 1.165) is 44.3 Å². The van der Waals surface area contributed by atoms with Crippen LogP contribution in [0.25, 0.3) is 0 Å². The van der Waals surface area contributed by atoms with Crippen molar-refractivity contribution < 1.29 is 9.59 Å². The molecular formula is C20H29N3O2. The van der Waals surface area contributed by atoms with E-state index in [4.69, 9.17) is 0 Å². The molecule has 0 aromatic heterocycles. The average Bonchev–Trinajstić information content (AvgIpc) is 3.22. The third-order valence-electron chi connectivity index (χ3n) is 5.52. The first-order valence-corrected chi connectivity index (χ1v) is 9.38. The fourth-order valence-corrected chi connectivity index (χ4v) is 4.21. The van der Waals surface area contributed by atoms with Crippen LogP contribution in [0.1, 0.15) is 43.7 Å². The van der Waals surface area contributed by atoms with Gasteiger partial charge in [0.25, 0.3) is 0 Å². The molecule has 0 unspecified atom stereocenters. The van der Waals surface area contributed by atoms with Gasteiger partial charge in [0.15, 0.2) is 0 Å². The van der Waals surface area contributed by atoms with E-state index in [1.807, 2.05) is 4.90 Å². The minimum absolute atomic E-state index is 0.0693. The smallest absolute Gasteiger partial charge is 0.234 e. The van der Waals surface area contributed by atoms with Crippen molar-refractivity contribution in [3.8, 4) is 0 Å². The maximum absolute atomic E-state index is 12.4. The highest BCUT2D eigenvalue weighted by Gasteiger charge is 2.39. The molecule has 0 bridgehead atoms. The van der Waals surface area contributed by atoms with Crippen LogP contribution in [0.4, 0.5) is 0 Å². The van der Waals surface area contributed by atoms with Crippen molar-refractivity contribution in [2.24, 2.45) is 0 Å². The average molecular weight is 343 g/mol. The van der Waals surface area contributed by atoms with E-state index < -0.39 is 0 Å². The van der Waals surface area contributed by atoms with Gasteiger partial charge in [-0.2, -0.15) is 0 Å². The Bertz CT molecular complexity index is 614. The number of nitrogens with zero attached hydrogens (tertiary/aromatic N) is 2. The Morgan fingerprint density at radius 1 is 1.08 bits per heavy atom. The molecule has 5 heteroatoms. The normalized spacial score (nSPS) is 23.8. The first-order chi connectivity index (χ1) is 12.0. The van der Waals surface area contributed by atoms with Crippen LogP contribution >= 0.6 is 0 Å². The number of hydrogen-bond donors (Lipinski definition) is 1. The van der Waals surface area contributed by atoms with E-state index in [0.29, 0.717) is 19.1 Å². The molecule has 1 aromatic carbocycles. The number of benzene rings is 1. The summed E-state index contributed by atoms with van der Waals surface area (Å²) in [7, 11) is 0. The summed E-state index contributed by atoms with van der Waals surface area (Å²) in [6, 6.07) is 8.85. The zero-order valence-corrected chi connectivity index (χ0v) is 15.3. The van der Waals surface area contributed by atoms with Gasteiger partial charge in [0.1, 0.15) is 0 Å². The fourth-order valence-electron chi connectivity index (χ4n) is 4.21. The van der Waals surface area contributed by atoms with Gasteiger partial charge in [0.05, 0.1) is 6.54 Å². The fraction of sp³-hybridized carbons (Fsp3) is 0.600. The predicted octanol–water partition coefficient (Wildman–Crippen LogP) is 2.09. The molecule has 1 aromatic rings. The monoisotopic (exact) mass is 343 g/mol. The van der Waals surface area contributed by atoms with Crippen molar-refractivity contribution in [2.75, 3.05) is 19.6 Å². The topological polar surface area (TPSA) is 52.7 Å². The van der Waals surface area contributed by atoms with Gasteiger partial charge in [-0.1, -0.05) is 29.8 Å². The molecule has 2 saturated heterocycles. The number of carbonyl (C=O) groups is 2. The van der Waals surface area contributed by atoms with E-state index in [1.165, 1.54) is 5.56 Å². The van der Waals surface area contributed by atoms with Crippen molar-refractivity contribution in [3.05, 3.63) is 35.4 Å². The first kappa shape index (κ1) is 17.9. The molecule has 0 spiro atoms. The van der Waals surface area contributed by atoms with Gasteiger partial charge in [0, 0.05) is 32.1 Å². The molecule has 0 saturated carbocycles. The van der Waals surface area contributed by atoms with Crippen LogP contribution in [0.2, 0.25) is 0 Å². The molecule has 2 atom stereocenters. The molecule has 136 valence electrons. The lowest BCUT2D eigenvalue weighted by molar-refractivity contribution is -0.130. The second-order valence-electron chi connectivity index (χ2n) is 7.36. The number of carbonyl (C=O) groups excluding carboxylic acids is 2. The number of rotatable bonds is 5. The van der Waals surface area contributed by atoms with E-state index >= 15 is 0 Å². The third kappa shape index (κ3) is 4.40. The lowest BCUT2D eigenvalue weighted by Crippen LogP contribution is -2.50. The Kier molecular flexibility index (Phi) is 5.74. The van der Waals surface area contributed by atoms with Crippen molar-refractivity contribution >= 4 is 11.8 Å². The molecule has 1 N–H and O–H groups in total. The maximum Gasteiger partial charge on any atom is 0.234 e. The molecule has 5 nitrogen and oxygen atoms in total. The second-order valence-corrected chi connectivity index (χ2v) is 7.36. The lowest BCUT2D eigenvalue weighted by atomic mass is 10.0. The van der Waals surface area contributed by atoms with Crippen molar-refractivity contribution in [2.45, 2.75) is 58.2 Å². The summed E-state index contributed by atoms with van der Waals surface area (Å²) in [6.07, 6.45) is 4.33. The van der Waals surface area contributed by atoms with E-state index in [9.17, 15) is 9.59 Å². The number of amides is 2. The summed E-state index contributed by atoms with van der Waals surface area (Å²) < 4.78 is 0. The summed E-state index contributed by atoms with van der Waals surface area (Å²) in [5, 5.41) is 3.03. The van der Waals surface area contributed by atoms with Crippen molar-refractivity contribution in [1.82, 2.24) is 15.1 Å². The minimum Gasteiger partial charge on any atom is -0.351 e. The minimum atomic E-state index is 0.0693. The van der Waals surface area contributed by atoms with Crippen LogP contribution in [0.15, 0.2) is 24.3 Å². The number of hydrogen-bond acceptors (Lipinski definition) is 3. The Labute approximate surface area is 150 Å². The van der Waals surface area contributed by atoms with Gasteiger partial charge >= 0.3 is 0 Å². The van der Waals surface area contributed by atoms with Crippen LogP contribution in [-0.2, 0) is 16.1 Å². The second kappa shape index (κ2) is 8.00. The van der Waals surface area contributed by atoms with Gasteiger partial charge in [-0.3, -0.25) is 14.5 Å². The SMILES string of the molecule is CC(=O)N1CCC[C@H]1[C@@H]1CCCN1CC(=O)NCc1ccc(C)cc1. The van der Waals surface area contributed by atoms with Crippen LogP contribution < -0.4 is 5.32 Å². The number of aryl methyl sites for hydroxylation is 1. The molecule has 2 amide bonds. The first-order valence-electron chi connectivity index (χ1n) is 9.38. The maximum atomic E-state index is 12.4. The van der Waals surface area contributed by atoms with Crippen LogP contribution in [-0.4, -0.2) is 53.3 Å². The molecule has 25 heavy (non-hydrogen) atoms. The predicted molar refractivity (Wildman–Crippen MR) is 98.0 cm³/mol. The lowest BCUT2D eigenvalue weighted by Gasteiger charge is -2.34. The molecular weight excluding hydrogens is 314 g/mol. The van der Waals surface area contributed by atoms with Gasteiger partial charge in [0.2, 0.25) is 11.8 Å². The quantitative estimate of drug-likeness (QED) is 0.891. The summed E-state index contributed by atoms with van der Waals surface area (Å²) in [5.41, 5.74) is 2.34. The zero-order valence-electron chi connectivity index (χ0n) is 15.3. The molecule has 3 rings (SSSR count). The third-order valence-corrected chi connectivity index (χ3v) is 5.52. The zero-order chi connectivity index (χ0) is 17.8. The summed E-state index contributed by atoms with van der Waals surface area (Å²) in [5.74, 6) is 0.234. The highest BCUT2D eigenvalue weighted by Crippen LogP contribution is 2.29. The standard InChI is InChI=1S/C20H29N3O2/c1-15-7-9-17(10-8-15)13-21-20(25)14-22-11-3-5-18(22)19-6-4-12-23(19)16(2)24/h7-10,18-19H,3-6,11-14H2,1-2H3,(H,21,25)/t18-,19-/m0/s1. The largest absolute Gasteiger partial charge is 0.351 e. The van der Waals surface area contributed by atoms with E-state index in [2.05, 4.69) is 41.4 Å². The van der Waals surface area contributed by atoms with Crippen molar-refractivity contribution in [1.29, 1.82) is 0 Å². The number of nitrogens with one attached hydrogen (secondary N) is 1. The molecule has 2 aliphatic heterocycles. The van der Waals surface area contributed by atoms with Gasteiger partial charge < -0.3 is 10.2 Å². The highest BCUT2D eigenvalue weighted by molar-refractivity contribution is 5.78. The summed E-state index contributed by atoms with van der Waals surface area (Å²) >= 11 is 0. The van der Waals surface area contributed by atoms with Gasteiger partial charge in [-0.25, -0.2) is 0 Å². The Balaban J connectivity index is 1.53. The van der Waals surface area contributed by atoms with Crippen LogP contribution in [0, 0.1) is 6.92 Å². The van der Waals surface area contributed by atoms with Gasteiger partial charge in [-0.05, 0) is 44.7 Å². The Morgan fingerprint density at radius 3 is 2.48 bits per heavy atom. The Hall–Kier alpha value is -1.88. The summed E-state index contributed by atoms with van der Waals surface area (Å²) in [6.45, 7) is 6.53. The van der Waals surface area contributed by atoms with E-state index in [-0.39, 0.29) is 17.9 Å². The van der Waals surface area contributed by atoms with Crippen LogP contribution in [0.5, 0.6) is 0 Å². The molecule has 0 aliphatic carbocycles. The van der Waals surface area contributed by atoms with Gasteiger partial charge in [-0.15, -0.1) is 0 Å². The molecule has 0 radical (unpaired) electrons. The molecule has 2 heterocycles. The summed E-state index contributed by atoms with van der Waals surface area (Å²) in [4.78, 5) is 28.5. The molecule has 2 fully saturated rings. The highest BCUT2D eigenvalue weighted by atomic mass is 16.2. The van der Waals surface area contributed by atoms with E-state index in [1.54, 1.807) is 6.92 Å².